The van der Waals surface area contributed by atoms with Gasteiger partial charge in [0.15, 0.2) is 0 Å². The Bertz CT molecular complexity index is 666. The third-order valence-electron chi connectivity index (χ3n) is 3.56. The number of nitrogens with zero attached hydrogens (tertiary/aromatic N) is 2. The molecule has 23 heavy (non-hydrogen) atoms. The van der Waals surface area contributed by atoms with Crippen LogP contribution in [-0.4, -0.2) is 33.6 Å². The molecule has 6 nitrogen and oxygen atoms in total. The molecule has 2 amide bonds. The van der Waals surface area contributed by atoms with Crippen LogP contribution in [0.25, 0.3) is 5.69 Å². The van der Waals surface area contributed by atoms with E-state index in [1.807, 2.05) is 55.8 Å². The Morgan fingerprint density at radius 2 is 2.09 bits per heavy atom. The van der Waals surface area contributed by atoms with Crippen molar-refractivity contribution in [3.8, 4) is 5.69 Å². The van der Waals surface area contributed by atoms with E-state index in [0.717, 1.165) is 23.5 Å². The van der Waals surface area contributed by atoms with E-state index >= 15 is 0 Å². The molecule has 2 rings (SSSR count). The van der Waals surface area contributed by atoms with Gasteiger partial charge in [-0.2, -0.15) is 5.10 Å². The third kappa shape index (κ3) is 4.56. The second kappa shape index (κ2) is 7.78. The quantitative estimate of drug-likeness (QED) is 0.766. The van der Waals surface area contributed by atoms with Crippen LogP contribution in [0.4, 0.5) is 10.5 Å². The first-order valence-electron chi connectivity index (χ1n) is 7.82. The van der Waals surface area contributed by atoms with Gasteiger partial charge in [-0.05, 0) is 51.8 Å². The number of hydrogen-bond acceptors (Lipinski definition) is 3. The summed E-state index contributed by atoms with van der Waals surface area (Å²) in [5.41, 5.74) is 3.47. The number of aryl methyl sites for hydroxylation is 2. The maximum absolute atomic E-state index is 12.1. The number of rotatable bonds is 6. The molecule has 1 atom stereocenters. The van der Waals surface area contributed by atoms with Gasteiger partial charge in [-0.25, -0.2) is 9.48 Å². The number of aliphatic hydroxyl groups excluding tert-OH is 1. The van der Waals surface area contributed by atoms with Crippen molar-refractivity contribution in [2.24, 2.45) is 0 Å². The Labute approximate surface area is 136 Å². The van der Waals surface area contributed by atoms with Crippen molar-refractivity contribution in [2.45, 2.75) is 39.7 Å². The minimum absolute atomic E-state index is 0.00277. The Morgan fingerprint density at radius 1 is 1.35 bits per heavy atom. The van der Waals surface area contributed by atoms with Gasteiger partial charge in [0, 0.05) is 18.3 Å². The predicted molar refractivity (Wildman–Crippen MR) is 91.0 cm³/mol. The number of carbonyl (C=O) groups is 1. The molecule has 2 aromatic rings. The van der Waals surface area contributed by atoms with Crippen LogP contribution in [0.3, 0.4) is 0 Å². The van der Waals surface area contributed by atoms with E-state index in [1.54, 1.807) is 0 Å². The number of anilines is 1. The number of aromatic nitrogens is 2. The predicted octanol–water partition coefficient (Wildman–Crippen LogP) is 2.77. The van der Waals surface area contributed by atoms with Crippen molar-refractivity contribution in [3.63, 3.8) is 0 Å². The fraction of sp³-hybridized carbons (Fsp3) is 0.412. The molecule has 124 valence electrons. The van der Waals surface area contributed by atoms with Crippen LogP contribution in [0, 0.1) is 13.8 Å². The smallest absolute Gasteiger partial charge is 0.319 e. The van der Waals surface area contributed by atoms with E-state index < -0.39 is 0 Å². The zero-order chi connectivity index (χ0) is 16.8. The summed E-state index contributed by atoms with van der Waals surface area (Å²) in [7, 11) is 0. The number of nitrogens with one attached hydrogen (secondary N) is 2. The average Bonchev–Trinajstić information content (AvgIpc) is 2.84. The van der Waals surface area contributed by atoms with Gasteiger partial charge in [-0.15, -0.1) is 0 Å². The maximum Gasteiger partial charge on any atom is 0.319 e. The van der Waals surface area contributed by atoms with E-state index in [9.17, 15) is 4.79 Å². The highest BCUT2D eigenvalue weighted by Gasteiger charge is 2.12. The molecule has 1 unspecified atom stereocenters. The fourth-order valence-corrected chi connectivity index (χ4v) is 2.49. The molecular weight excluding hydrogens is 292 g/mol. The molecule has 0 aliphatic heterocycles. The van der Waals surface area contributed by atoms with Gasteiger partial charge in [0.25, 0.3) is 0 Å². The highest BCUT2D eigenvalue weighted by molar-refractivity contribution is 5.91. The molecule has 3 N–H and O–H groups in total. The van der Waals surface area contributed by atoms with Crippen LogP contribution < -0.4 is 10.6 Å². The van der Waals surface area contributed by atoms with Gasteiger partial charge in [0.1, 0.15) is 0 Å². The first-order chi connectivity index (χ1) is 11.0. The highest BCUT2D eigenvalue weighted by Crippen LogP contribution is 2.21. The second-order valence-electron chi connectivity index (χ2n) is 5.72. The summed E-state index contributed by atoms with van der Waals surface area (Å²) in [5.74, 6) is 0. The topological polar surface area (TPSA) is 79.2 Å². The third-order valence-corrected chi connectivity index (χ3v) is 3.56. The van der Waals surface area contributed by atoms with Gasteiger partial charge < -0.3 is 15.7 Å². The van der Waals surface area contributed by atoms with E-state index in [4.69, 9.17) is 5.11 Å². The summed E-state index contributed by atoms with van der Waals surface area (Å²) in [4.78, 5) is 12.1. The van der Waals surface area contributed by atoms with E-state index in [-0.39, 0.29) is 18.7 Å². The number of carbonyl (C=O) groups excluding carboxylic acids is 1. The molecule has 0 radical (unpaired) electrons. The molecule has 0 bridgehead atoms. The summed E-state index contributed by atoms with van der Waals surface area (Å²) < 4.78 is 1.82. The Kier molecular flexibility index (Phi) is 5.76. The van der Waals surface area contributed by atoms with Gasteiger partial charge in [0.2, 0.25) is 0 Å². The van der Waals surface area contributed by atoms with Gasteiger partial charge in [-0.3, -0.25) is 0 Å². The van der Waals surface area contributed by atoms with Crippen LogP contribution in [0.5, 0.6) is 0 Å². The fourth-order valence-electron chi connectivity index (χ4n) is 2.49. The van der Waals surface area contributed by atoms with Crippen molar-refractivity contribution in [3.05, 3.63) is 41.7 Å². The molecule has 0 saturated heterocycles. The summed E-state index contributed by atoms with van der Waals surface area (Å²) in [6, 6.07) is 9.30. The van der Waals surface area contributed by atoms with Crippen molar-refractivity contribution < 1.29 is 9.90 Å². The van der Waals surface area contributed by atoms with Crippen molar-refractivity contribution >= 4 is 11.7 Å². The summed E-state index contributed by atoms with van der Waals surface area (Å²) in [6.45, 7) is 5.97. The monoisotopic (exact) mass is 316 g/mol. The number of benzene rings is 1. The molecule has 1 aromatic heterocycles. The average molecular weight is 316 g/mol. The molecule has 0 fully saturated rings. The minimum atomic E-state index is -0.260. The van der Waals surface area contributed by atoms with Crippen molar-refractivity contribution in [2.75, 3.05) is 11.9 Å². The van der Waals surface area contributed by atoms with Crippen LogP contribution in [0.1, 0.15) is 31.2 Å². The number of para-hydroxylation sites is 2. The van der Waals surface area contributed by atoms with Crippen LogP contribution >= 0.6 is 0 Å². The Balaban J connectivity index is 2.12. The lowest BCUT2D eigenvalue weighted by Gasteiger charge is -2.16. The second-order valence-corrected chi connectivity index (χ2v) is 5.72. The first kappa shape index (κ1) is 17.0. The van der Waals surface area contributed by atoms with E-state index in [0.29, 0.717) is 12.1 Å². The molecule has 0 saturated carbocycles. The SMILES string of the molecule is Cc1cc(C)n(-c2ccccc2NC(=O)NC(C)CCCO)n1. The summed E-state index contributed by atoms with van der Waals surface area (Å²) in [6.07, 6.45) is 1.41. The largest absolute Gasteiger partial charge is 0.396 e. The maximum atomic E-state index is 12.1. The van der Waals surface area contributed by atoms with Crippen LogP contribution in [0.2, 0.25) is 0 Å². The molecule has 0 spiro atoms. The number of aliphatic hydroxyl groups is 1. The normalized spacial score (nSPS) is 12.0. The summed E-state index contributed by atoms with van der Waals surface area (Å²) >= 11 is 0. The first-order valence-corrected chi connectivity index (χ1v) is 7.82. The molecule has 1 aromatic carbocycles. The number of amides is 2. The molecular formula is C17H24N4O2. The standard InChI is InChI=1S/C17H24N4O2/c1-12(7-6-10-22)18-17(23)19-15-8-4-5-9-16(15)21-14(3)11-13(2)20-21/h4-5,8-9,11-12,22H,6-7,10H2,1-3H3,(H2,18,19,23). The number of urea groups is 1. The lowest BCUT2D eigenvalue weighted by atomic mass is 10.2. The van der Waals surface area contributed by atoms with Crippen LogP contribution in [-0.2, 0) is 0 Å². The van der Waals surface area contributed by atoms with Gasteiger partial charge in [-0.1, -0.05) is 12.1 Å². The Hall–Kier alpha value is -2.34. The lowest BCUT2D eigenvalue weighted by Crippen LogP contribution is -2.36. The zero-order valence-corrected chi connectivity index (χ0v) is 13.8. The van der Waals surface area contributed by atoms with Crippen LogP contribution in [0.15, 0.2) is 30.3 Å². The van der Waals surface area contributed by atoms with Gasteiger partial charge in [0.05, 0.1) is 17.1 Å². The molecule has 1 heterocycles. The lowest BCUT2D eigenvalue weighted by molar-refractivity contribution is 0.245. The Morgan fingerprint density at radius 3 is 2.74 bits per heavy atom. The van der Waals surface area contributed by atoms with E-state index in [1.165, 1.54) is 0 Å². The highest BCUT2D eigenvalue weighted by atomic mass is 16.3. The summed E-state index contributed by atoms with van der Waals surface area (Å²) in [5, 5.41) is 19.1. The van der Waals surface area contributed by atoms with Crippen molar-refractivity contribution in [1.82, 2.24) is 15.1 Å². The zero-order valence-electron chi connectivity index (χ0n) is 13.8. The molecule has 0 aliphatic carbocycles. The van der Waals surface area contributed by atoms with E-state index in [2.05, 4.69) is 15.7 Å². The van der Waals surface area contributed by atoms with Gasteiger partial charge >= 0.3 is 6.03 Å². The van der Waals surface area contributed by atoms with Crippen molar-refractivity contribution in [1.29, 1.82) is 0 Å². The minimum Gasteiger partial charge on any atom is -0.396 e. The molecule has 6 heteroatoms. The number of hydrogen-bond donors (Lipinski definition) is 3. The molecule has 0 aliphatic rings.